The molecule has 1 aromatic rings. The second-order valence-electron chi connectivity index (χ2n) is 3.81. The Morgan fingerprint density at radius 2 is 2.07 bits per heavy atom. The van der Waals surface area contributed by atoms with Crippen LogP contribution >= 0.6 is 0 Å². The molecule has 0 spiro atoms. The highest BCUT2D eigenvalue weighted by atomic mass is 16.1. The van der Waals surface area contributed by atoms with Gasteiger partial charge in [-0.2, -0.15) is 0 Å². The molecule has 0 bridgehead atoms. The van der Waals surface area contributed by atoms with Gasteiger partial charge in [-0.05, 0) is 43.5 Å². The van der Waals surface area contributed by atoms with Gasteiger partial charge in [0.1, 0.15) is 6.29 Å². The van der Waals surface area contributed by atoms with Crippen LogP contribution in [0.4, 0.5) is 0 Å². The van der Waals surface area contributed by atoms with E-state index in [-0.39, 0.29) is 0 Å². The highest BCUT2D eigenvalue weighted by Crippen LogP contribution is 2.25. The molecule has 2 heteroatoms. The Bertz CT molecular complexity index is 316. The third-order valence-corrected chi connectivity index (χ3v) is 2.86. The van der Waals surface area contributed by atoms with E-state index < -0.39 is 0 Å². The van der Waals surface area contributed by atoms with Crippen molar-refractivity contribution in [2.75, 3.05) is 13.1 Å². The normalized spacial score (nSPS) is 18.0. The van der Waals surface area contributed by atoms with E-state index in [1.165, 1.54) is 18.4 Å². The Kier molecular flexibility index (Phi) is 2.94. The minimum Gasteiger partial charge on any atom is -0.317 e. The summed E-state index contributed by atoms with van der Waals surface area (Å²) in [6.07, 6.45) is 3.29. The predicted octanol–water partition coefficient (Wildman–Crippen LogP) is 1.97. The number of hydrogen-bond acceptors (Lipinski definition) is 2. The second kappa shape index (κ2) is 4.38. The van der Waals surface area contributed by atoms with E-state index in [9.17, 15) is 4.79 Å². The van der Waals surface area contributed by atoms with E-state index in [0.717, 1.165) is 24.9 Å². The Morgan fingerprint density at radius 3 is 2.79 bits per heavy atom. The summed E-state index contributed by atoms with van der Waals surface area (Å²) in [4.78, 5) is 10.6. The summed E-state index contributed by atoms with van der Waals surface area (Å²) in [5, 5.41) is 3.34. The summed E-state index contributed by atoms with van der Waals surface area (Å²) in [5.74, 6) is 0.635. The number of piperidine rings is 1. The Labute approximate surface area is 84.3 Å². The largest absolute Gasteiger partial charge is 0.317 e. The molecule has 0 aliphatic carbocycles. The molecular weight excluding hydrogens is 174 g/mol. The molecule has 1 aliphatic heterocycles. The molecule has 0 saturated carbocycles. The van der Waals surface area contributed by atoms with Crippen LogP contribution in [0.5, 0.6) is 0 Å². The van der Waals surface area contributed by atoms with Gasteiger partial charge in [-0.25, -0.2) is 0 Å². The first-order valence-electron chi connectivity index (χ1n) is 5.16. The van der Waals surface area contributed by atoms with Gasteiger partial charge in [0, 0.05) is 5.56 Å². The van der Waals surface area contributed by atoms with E-state index in [0.29, 0.717) is 5.92 Å². The first-order chi connectivity index (χ1) is 6.90. The van der Waals surface area contributed by atoms with Crippen molar-refractivity contribution in [2.24, 2.45) is 0 Å². The molecule has 0 radical (unpaired) electrons. The topological polar surface area (TPSA) is 29.1 Å². The maximum atomic E-state index is 10.6. The van der Waals surface area contributed by atoms with Crippen LogP contribution in [0, 0.1) is 0 Å². The molecule has 14 heavy (non-hydrogen) atoms. The lowest BCUT2D eigenvalue weighted by atomic mass is 9.89. The zero-order chi connectivity index (χ0) is 9.80. The predicted molar refractivity (Wildman–Crippen MR) is 56.7 cm³/mol. The minimum absolute atomic E-state index is 0.635. The molecule has 0 amide bonds. The fourth-order valence-electron chi connectivity index (χ4n) is 2.04. The van der Waals surface area contributed by atoms with Crippen molar-refractivity contribution in [3.05, 3.63) is 35.4 Å². The average Bonchev–Trinajstić information content (AvgIpc) is 2.30. The summed E-state index contributed by atoms with van der Waals surface area (Å²) < 4.78 is 0. The van der Waals surface area contributed by atoms with Crippen molar-refractivity contribution in [2.45, 2.75) is 18.8 Å². The zero-order valence-corrected chi connectivity index (χ0v) is 8.20. The van der Waals surface area contributed by atoms with Gasteiger partial charge >= 0.3 is 0 Å². The molecule has 1 aliphatic rings. The average molecular weight is 189 g/mol. The lowest BCUT2D eigenvalue weighted by Gasteiger charge is -2.23. The maximum absolute atomic E-state index is 10.6. The van der Waals surface area contributed by atoms with Crippen molar-refractivity contribution in [3.63, 3.8) is 0 Å². The smallest absolute Gasteiger partial charge is 0.150 e. The first-order valence-corrected chi connectivity index (χ1v) is 5.16. The van der Waals surface area contributed by atoms with Crippen LogP contribution in [0.25, 0.3) is 0 Å². The standard InChI is InChI=1S/C12H15NO/c14-9-10-2-1-3-12(8-10)11-4-6-13-7-5-11/h1-3,8-9,11,13H,4-7H2. The summed E-state index contributed by atoms with van der Waals surface area (Å²) in [7, 11) is 0. The second-order valence-corrected chi connectivity index (χ2v) is 3.81. The summed E-state index contributed by atoms with van der Waals surface area (Å²) in [5.41, 5.74) is 2.11. The molecule has 1 fully saturated rings. The van der Waals surface area contributed by atoms with Gasteiger partial charge in [0.25, 0.3) is 0 Å². The van der Waals surface area contributed by atoms with Gasteiger partial charge in [-0.1, -0.05) is 18.2 Å². The van der Waals surface area contributed by atoms with Crippen LogP contribution in [-0.4, -0.2) is 19.4 Å². The van der Waals surface area contributed by atoms with Crippen LogP contribution in [0.1, 0.15) is 34.7 Å². The van der Waals surface area contributed by atoms with E-state index in [1.54, 1.807) is 0 Å². The number of aldehydes is 1. The van der Waals surface area contributed by atoms with Crippen LogP contribution in [0.3, 0.4) is 0 Å². The highest BCUT2D eigenvalue weighted by Gasteiger charge is 2.14. The molecule has 2 nitrogen and oxygen atoms in total. The Morgan fingerprint density at radius 1 is 1.29 bits per heavy atom. The van der Waals surface area contributed by atoms with E-state index >= 15 is 0 Å². The third kappa shape index (κ3) is 2.02. The number of benzene rings is 1. The van der Waals surface area contributed by atoms with Gasteiger partial charge in [-0.15, -0.1) is 0 Å². The van der Waals surface area contributed by atoms with Gasteiger partial charge in [0.2, 0.25) is 0 Å². The molecule has 1 aromatic carbocycles. The number of carbonyl (C=O) groups is 1. The van der Waals surface area contributed by atoms with Crippen molar-refractivity contribution in [1.82, 2.24) is 5.32 Å². The Hall–Kier alpha value is -1.15. The summed E-state index contributed by atoms with van der Waals surface area (Å²) in [6.45, 7) is 2.19. The summed E-state index contributed by atoms with van der Waals surface area (Å²) in [6, 6.07) is 7.98. The minimum atomic E-state index is 0.635. The molecule has 1 saturated heterocycles. The van der Waals surface area contributed by atoms with Gasteiger partial charge in [0.05, 0.1) is 0 Å². The van der Waals surface area contributed by atoms with E-state index in [1.807, 2.05) is 18.2 Å². The van der Waals surface area contributed by atoms with Crippen LogP contribution in [0.15, 0.2) is 24.3 Å². The van der Waals surface area contributed by atoms with Gasteiger partial charge in [0.15, 0.2) is 0 Å². The molecule has 0 aromatic heterocycles. The fraction of sp³-hybridized carbons (Fsp3) is 0.417. The molecular formula is C12H15NO. The SMILES string of the molecule is O=Cc1cccc(C2CCNCC2)c1. The Balaban J connectivity index is 2.17. The van der Waals surface area contributed by atoms with Crippen molar-refractivity contribution in [1.29, 1.82) is 0 Å². The number of rotatable bonds is 2. The molecule has 1 N–H and O–H groups in total. The fourth-order valence-corrected chi connectivity index (χ4v) is 2.04. The number of hydrogen-bond donors (Lipinski definition) is 1. The van der Waals surface area contributed by atoms with Crippen LogP contribution in [-0.2, 0) is 0 Å². The van der Waals surface area contributed by atoms with Crippen molar-refractivity contribution < 1.29 is 4.79 Å². The zero-order valence-electron chi connectivity index (χ0n) is 8.20. The molecule has 74 valence electrons. The molecule has 0 unspecified atom stereocenters. The van der Waals surface area contributed by atoms with Crippen LogP contribution in [0.2, 0.25) is 0 Å². The van der Waals surface area contributed by atoms with E-state index in [2.05, 4.69) is 11.4 Å². The molecule has 0 atom stereocenters. The number of carbonyl (C=O) groups excluding carboxylic acids is 1. The maximum Gasteiger partial charge on any atom is 0.150 e. The lowest BCUT2D eigenvalue weighted by molar-refractivity contribution is 0.112. The molecule has 2 rings (SSSR count). The highest BCUT2D eigenvalue weighted by molar-refractivity contribution is 5.75. The van der Waals surface area contributed by atoms with E-state index in [4.69, 9.17) is 0 Å². The third-order valence-electron chi connectivity index (χ3n) is 2.86. The van der Waals surface area contributed by atoms with Gasteiger partial charge in [-0.3, -0.25) is 4.79 Å². The van der Waals surface area contributed by atoms with Gasteiger partial charge < -0.3 is 5.32 Å². The number of nitrogens with one attached hydrogen (secondary N) is 1. The van der Waals surface area contributed by atoms with Crippen molar-refractivity contribution in [3.8, 4) is 0 Å². The van der Waals surface area contributed by atoms with Crippen molar-refractivity contribution >= 4 is 6.29 Å². The first kappa shape index (κ1) is 9.41. The quantitative estimate of drug-likeness (QED) is 0.721. The summed E-state index contributed by atoms with van der Waals surface area (Å²) >= 11 is 0. The molecule has 1 heterocycles. The lowest BCUT2D eigenvalue weighted by Crippen LogP contribution is -2.26. The van der Waals surface area contributed by atoms with Crippen LogP contribution < -0.4 is 5.32 Å². The monoisotopic (exact) mass is 189 g/mol.